The van der Waals surface area contributed by atoms with Gasteiger partial charge in [0.25, 0.3) is 0 Å². The summed E-state index contributed by atoms with van der Waals surface area (Å²) in [5.74, 6) is -1.75. The molecule has 0 saturated heterocycles. The molecule has 0 bridgehead atoms. The number of rotatable bonds is 5. The van der Waals surface area contributed by atoms with Gasteiger partial charge in [0.15, 0.2) is 5.78 Å². The Morgan fingerprint density at radius 2 is 1.94 bits per heavy atom. The molecule has 96 valence electrons. The second-order valence-corrected chi connectivity index (χ2v) is 4.09. The minimum absolute atomic E-state index is 0.0121. The van der Waals surface area contributed by atoms with E-state index in [2.05, 4.69) is 4.74 Å². The molecule has 18 heavy (non-hydrogen) atoms. The Balaban J connectivity index is 3.09. The zero-order valence-corrected chi connectivity index (χ0v) is 10.1. The smallest absolute Gasteiger partial charge is 0.387 e. The number of carbonyl (C=O) groups is 1. The molecule has 1 atom stereocenters. The van der Waals surface area contributed by atoms with Crippen molar-refractivity contribution in [1.29, 1.82) is 5.26 Å². The maximum atomic E-state index is 12.2. The molecule has 0 radical (unpaired) electrons. The van der Waals surface area contributed by atoms with E-state index in [9.17, 15) is 13.6 Å². The number of nitrogens with zero attached hydrogens (tertiary/aromatic N) is 1. The van der Waals surface area contributed by atoms with Crippen molar-refractivity contribution in [2.24, 2.45) is 11.8 Å². The van der Waals surface area contributed by atoms with E-state index in [4.69, 9.17) is 5.26 Å². The van der Waals surface area contributed by atoms with Gasteiger partial charge in [-0.1, -0.05) is 26.0 Å². The number of ketones is 1. The lowest BCUT2D eigenvalue weighted by Crippen LogP contribution is -2.20. The third-order valence-corrected chi connectivity index (χ3v) is 2.46. The summed E-state index contributed by atoms with van der Waals surface area (Å²) in [4.78, 5) is 12.1. The van der Waals surface area contributed by atoms with E-state index in [0.717, 1.165) is 0 Å². The van der Waals surface area contributed by atoms with Gasteiger partial charge in [-0.3, -0.25) is 4.79 Å². The number of alkyl halides is 2. The number of Topliss-reactive ketones (excluding diaryl/α,β-unsaturated/α-hetero) is 1. The topological polar surface area (TPSA) is 50.1 Å². The maximum absolute atomic E-state index is 12.2. The first-order chi connectivity index (χ1) is 8.47. The maximum Gasteiger partial charge on any atom is 0.387 e. The van der Waals surface area contributed by atoms with E-state index < -0.39 is 18.3 Å². The van der Waals surface area contributed by atoms with Crippen molar-refractivity contribution in [2.45, 2.75) is 20.5 Å². The number of hydrogen-bond acceptors (Lipinski definition) is 3. The van der Waals surface area contributed by atoms with Crippen LogP contribution in [0.5, 0.6) is 5.75 Å². The van der Waals surface area contributed by atoms with E-state index >= 15 is 0 Å². The fraction of sp³-hybridized carbons (Fsp3) is 0.385. The predicted molar refractivity (Wildman–Crippen MR) is 61.3 cm³/mol. The van der Waals surface area contributed by atoms with E-state index in [-0.39, 0.29) is 17.2 Å². The molecule has 1 aromatic rings. The monoisotopic (exact) mass is 253 g/mol. The van der Waals surface area contributed by atoms with Crippen LogP contribution in [0.15, 0.2) is 24.3 Å². The molecule has 0 heterocycles. The summed E-state index contributed by atoms with van der Waals surface area (Å²) in [5.41, 5.74) is 0.0121. The molecule has 0 aromatic heterocycles. The fourth-order valence-electron chi connectivity index (χ4n) is 1.55. The Morgan fingerprint density at radius 3 is 2.44 bits per heavy atom. The Labute approximate surface area is 104 Å². The van der Waals surface area contributed by atoms with Crippen LogP contribution in [-0.2, 0) is 0 Å². The average Bonchev–Trinajstić information content (AvgIpc) is 2.29. The summed E-state index contributed by atoms with van der Waals surface area (Å²) >= 11 is 0. The average molecular weight is 253 g/mol. The molecule has 0 amide bonds. The quantitative estimate of drug-likeness (QED) is 0.757. The lowest BCUT2D eigenvalue weighted by Gasteiger charge is -2.14. The van der Waals surface area contributed by atoms with Gasteiger partial charge in [-0.05, 0) is 18.1 Å². The van der Waals surface area contributed by atoms with Crippen LogP contribution in [0, 0.1) is 23.2 Å². The molecule has 0 aliphatic heterocycles. The van der Waals surface area contributed by atoms with Crippen LogP contribution in [0.25, 0.3) is 0 Å². The lowest BCUT2D eigenvalue weighted by atomic mass is 9.89. The van der Waals surface area contributed by atoms with Crippen molar-refractivity contribution in [1.82, 2.24) is 0 Å². The summed E-state index contributed by atoms with van der Waals surface area (Å²) in [6.07, 6.45) is 0. The SMILES string of the molecule is CC(C)C(C#N)C(=O)c1ccccc1OC(F)F. The van der Waals surface area contributed by atoms with Crippen molar-refractivity contribution in [3.8, 4) is 11.8 Å². The van der Waals surface area contributed by atoms with E-state index in [0.29, 0.717) is 0 Å². The zero-order chi connectivity index (χ0) is 13.7. The van der Waals surface area contributed by atoms with Crippen LogP contribution >= 0.6 is 0 Å². The van der Waals surface area contributed by atoms with Crippen molar-refractivity contribution in [3.05, 3.63) is 29.8 Å². The Hall–Kier alpha value is -1.96. The van der Waals surface area contributed by atoms with E-state index in [1.807, 2.05) is 6.07 Å². The number of hydrogen-bond donors (Lipinski definition) is 0. The van der Waals surface area contributed by atoms with Crippen LogP contribution in [0.3, 0.4) is 0 Å². The molecule has 0 saturated carbocycles. The van der Waals surface area contributed by atoms with Crippen molar-refractivity contribution in [2.75, 3.05) is 0 Å². The lowest BCUT2D eigenvalue weighted by molar-refractivity contribution is -0.0501. The second-order valence-electron chi connectivity index (χ2n) is 4.09. The van der Waals surface area contributed by atoms with Crippen molar-refractivity contribution >= 4 is 5.78 Å². The van der Waals surface area contributed by atoms with Crippen LogP contribution < -0.4 is 4.74 Å². The number of benzene rings is 1. The van der Waals surface area contributed by atoms with Gasteiger partial charge in [0.2, 0.25) is 0 Å². The predicted octanol–water partition coefficient (Wildman–Crippen LogP) is 3.27. The molecule has 1 rings (SSSR count). The van der Waals surface area contributed by atoms with Gasteiger partial charge in [0.1, 0.15) is 11.7 Å². The number of para-hydroxylation sites is 1. The van der Waals surface area contributed by atoms with Gasteiger partial charge >= 0.3 is 6.61 Å². The molecule has 0 N–H and O–H groups in total. The molecule has 3 nitrogen and oxygen atoms in total. The van der Waals surface area contributed by atoms with Crippen LogP contribution in [0.1, 0.15) is 24.2 Å². The van der Waals surface area contributed by atoms with Gasteiger partial charge in [-0.2, -0.15) is 14.0 Å². The third kappa shape index (κ3) is 3.27. The number of halogens is 2. The van der Waals surface area contributed by atoms with E-state index in [1.54, 1.807) is 19.9 Å². The normalized spacial score (nSPS) is 12.3. The summed E-state index contributed by atoms with van der Waals surface area (Å²) in [5, 5.41) is 8.94. The zero-order valence-electron chi connectivity index (χ0n) is 10.1. The summed E-state index contributed by atoms with van der Waals surface area (Å²) < 4.78 is 28.7. The second kappa shape index (κ2) is 6.10. The van der Waals surface area contributed by atoms with Crippen molar-refractivity contribution in [3.63, 3.8) is 0 Å². The number of carbonyl (C=O) groups excluding carboxylic acids is 1. The van der Waals surface area contributed by atoms with Gasteiger partial charge in [-0.15, -0.1) is 0 Å². The highest BCUT2D eigenvalue weighted by atomic mass is 19.3. The van der Waals surface area contributed by atoms with Gasteiger partial charge in [-0.25, -0.2) is 0 Å². The molecular weight excluding hydrogens is 240 g/mol. The molecule has 5 heteroatoms. The Morgan fingerprint density at radius 1 is 1.33 bits per heavy atom. The standard InChI is InChI=1S/C13H13F2NO2/c1-8(2)10(7-16)12(17)9-5-3-4-6-11(9)18-13(14)15/h3-6,8,10,13H,1-2H3. The minimum atomic E-state index is -3.00. The van der Waals surface area contributed by atoms with Gasteiger partial charge in [0, 0.05) is 0 Å². The highest BCUT2D eigenvalue weighted by Gasteiger charge is 2.26. The first kappa shape index (κ1) is 14.1. The highest BCUT2D eigenvalue weighted by molar-refractivity contribution is 6.01. The molecule has 0 aliphatic rings. The molecule has 0 aliphatic carbocycles. The van der Waals surface area contributed by atoms with Crippen LogP contribution in [-0.4, -0.2) is 12.4 Å². The Kier molecular flexibility index (Phi) is 4.78. The largest absolute Gasteiger partial charge is 0.434 e. The first-order valence-electron chi connectivity index (χ1n) is 5.45. The molecule has 0 fully saturated rings. The van der Waals surface area contributed by atoms with Crippen molar-refractivity contribution < 1.29 is 18.3 Å². The molecule has 1 aromatic carbocycles. The molecule has 1 unspecified atom stereocenters. The van der Waals surface area contributed by atoms with Gasteiger partial charge in [0.05, 0.1) is 11.6 Å². The summed E-state index contributed by atoms with van der Waals surface area (Å²) in [6.45, 7) is 0.448. The summed E-state index contributed by atoms with van der Waals surface area (Å²) in [6, 6.07) is 7.59. The van der Waals surface area contributed by atoms with Crippen LogP contribution in [0.4, 0.5) is 8.78 Å². The summed E-state index contributed by atoms with van der Waals surface area (Å²) in [7, 11) is 0. The highest BCUT2D eigenvalue weighted by Crippen LogP contribution is 2.25. The third-order valence-electron chi connectivity index (χ3n) is 2.46. The molecule has 0 spiro atoms. The minimum Gasteiger partial charge on any atom is -0.434 e. The van der Waals surface area contributed by atoms with Crippen LogP contribution in [0.2, 0.25) is 0 Å². The number of ether oxygens (including phenoxy) is 1. The fourth-order valence-corrected chi connectivity index (χ4v) is 1.55. The first-order valence-corrected chi connectivity index (χ1v) is 5.45. The Bertz CT molecular complexity index is 466. The molecular formula is C13H13F2NO2. The number of nitriles is 1. The van der Waals surface area contributed by atoms with Gasteiger partial charge < -0.3 is 4.74 Å². The van der Waals surface area contributed by atoms with E-state index in [1.165, 1.54) is 18.2 Å².